The quantitative estimate of drug-likeness (QED) is 0.850. The number of nitrogens with zero attached hydrogens (tertiary/aromatic N) is 2. The van der Waals surface area contributed by atoms with Gasteiger partial charge in [-0.2, -0.15) is 0 Å². The lowest BCUT2D eigenvalue weighted by atomic mass is 9.86. The van der Waals surface area contributed by atoms with Crippen LogP contribution in [-0.4, -0.2) is 41.0 Å². The third-order valence-electron chi connectivity index (χ3n) is 4.71. The van der Waals surface area contributed by atoms with Crippen molar-refractivity contribution in [3.8, 4) is 0 Å². The van der Waals surface area contributed by atoms with Crippen molar-refractivity contribution in [2.24, 2.45) is 0 Å². The summed E-state index contributed by atoms with van der Waals surface area (Å²) in [7, 11) is 2.05. The maximum Gasteiger partial charge on any atom is 0.160 e. The Hall–Kier alpha value is -1.81. The summed E-state index contributed by atoms with van der Waals surface area (Å²) in [4.78, 5) is 12.0. The van der Waals surface area contributed by atoms with E-state index in [0.717, 1.165) is 24.2 Å². The molecule has 0 bridgehead atoms. The molecule has 2 heterocycles. The minimum absolute atomic E-state index is 0.0161. The van der Waals surface area contributed by atoms with Gasteiger partial charge in [0, 0.05) is 7.05 Å². The molecule has 4 heteroatoms. The largest absolute Gasteiger partial charge is 0.364 e. The molecule has 1 saturated heterocycles. The first kappa shape index (κ1) is 15.1. The highest BCUT2D eigenvalue weighted by Gasteiger charge is 2.45. The highest BCUT2D eigenvalue weighted by atomic mass is 16.1. The van der Waals surface area contributed by atoms with Crippen LogP contribution in [0.25, 0.3) is 0 Å². The molecule has 0 saturated carbocycles. The van der Waals surface area contributed by atoms with Gasteiger partial charge in [-0.25, -0.2) is 5.01 Å². The van der Waals surface area contributed by atoms with Gasteiger partial charge >= 0.3 is 0 Å². The van der Waals surface area contributed by atoms with Gasteiger partial charge in [-0.1, -0.05) is 30.4 Å². The number of nitrogens with one attached hydrogen (secondary N) is 1. The molecule has 118 valence electrons. The van der Waals surface area contributed by atoms with E-state index in [0.29, 0.717) is 6.54 Å². The Kier molecular flexibility index (Phi) is 3.73. The summed E-state index contributed by atoms with van der Waals surface area (Å²) >= 11 is 0. The number of carbonyl (C=O) groups excluding carboxylic acids is 1. The van der Waals surface area contributed by atoms with E-state index in [4.69, 9.17) is 0 Å². The van der Waals surface area contributed by atoms with Crippen molar-refractivity contribution in [1.29, 1.82) is 0 Å². The molecule has 1 atom stereocenters. The summed E-state index contributed by atoms with van der Waals surface area (Å²) in [5.41, 5.74) is 2.25. The summed E-state index contributed by atoms with van der Waals surface area (Å²) in [5.74, 6) is 1.15. The Morgan fingerprint density at radius 1 is 1.32 bits per heavy atom. The number of hydrogen-bond donors (Lipinski definition) is 1. The Morgan fingerprint density at radius 3 is 2.82 bits per heavy atom. The van der Waals surface area contributed by atoms with Gasteiger partial charge in [0.1, 0.15) is 5.82 Å². The van der Waals surface area contributed by atoms with Crippen molar-refractivity contribution in [3.05, 3.63) is 47.3 Å². The summed E-state index contributed by atoms with van der Waals surface area (Å²) in [6.07, 6.45) is 12.6. The van der Waals surface area contributed by atoms with Gasteiger partial charge in [0.05, 0.1) is 23.7 Å². The predicted octanol–water partition coefficient (Wildman–Crippen LogP) is 2.53. The number of fused-ring (bicyclic) bond motifs is 1. The van der Waals surface area contributed by atoms with Crippen LogP contribution in [0.1, 0.15) is 33.6 Å². The summed E-state index contributed by atoms with van der Waals surface area (Å²) in [5, 5.41) is 8.04. The Bertz CT molecular complexity index is 610. The van der Waals surface area contributed by atoms with Crippen LogP contribution in [-0.2, 0) is 4.79 Å². The Morgan fingerprint density at radius 2 is 2.09 bits per heavy atom. The van der Waals surface area contributed by atoms with Gasteiger partial charge in [-0.3, -0.25) is 9.80 Å². The minimum atomic E-state index is -0.0161. The molecule has 2 aliphatic heterocycles. The lowest BCUT2D eigenvalue weighted by Gasteiger charge is -2.50. The fourth-order valence-electron chi connectivity index (χ4n) is 3.74. The zero-order chi connectivity index (χ0) is 15.9. The van der Waals surface area contributed by atoms with Crippen molar-refractivity contribution in [2.45, 2.75) is 45.2 Å². The number of ketones is 1. The van der Waals surface area contributed by atoms with Gasteiger partial charge in [-0.05, 0) is 39.2 Å². The van der Waals surface area contributed by atoms with E-state index < -0.39 is 0 Å². The van der Waals surface area contributed by atoms with Crippen LogP contribution >= 0.6 is 0 Å². The van der Waals surface area contributed by atoms with Gasteiger partial charge < -0.3 is 5.32 Å². The van der Waals surface area contributed by atoms with Crippen molar-refractivity contribution < 1.29 is 4.79 Å². The third-order valence-corrected chi connectivity index (χ3v) is 4.71. The Balaban J connectivity index is 1.97. The van der Waals surface area contributed by atoms with Crippen LogP contribution in [0.3, 0.4) is 0 Å². The number of likely N-dealkylation sites (N-methyl/N-ethyl adjacent to an activating group) is 1. The van der Waals surface area contributed by atoms with Crippen molar-refractivity contribution in [1.82, 2.24) is 15.3 Å². The third kappa shape index (κ3) is 2.52. The number of hydrogen-bond acceptors (Lipinski definition) is 4. The fourth-order valence-corrected chi connectivity index (χ4v) is 3.74. The number of allylic oxidation sites excluding steroid dienone is 5. The molecule has 1 aliphatic carbocycles. The molecule has 1 N–H and O–H groups in total. The molecule has 0 aromatic rings. The van der Waals surface area contributed by atoms with E-state index in [1.807, 2.05) is 0 Å². The van der Waals surface area contributed by atoms with E-state index in [9.17, 15) is 4.79 Å². The molecule has 0 spiro atoms. The maximum atomic E-state index is 12.0. The van der Waals surface area contributed by atoms with Crippen molar-refractivity contribution >= 4 is 5.78 Å². The molecular formula is C18H25N3O. The van der Waals surface area contributed by atoms with E-state index in [1.165, 1.54) is 5.57 Å². The predicted molar refractivity (Wildman–Crippen MR) is 88.8 cm³/mol. The monoisotopic (exact) mass is 299 g/mol. The number of rotatable bonds is 2. The van der Waals surface area contributed by atoms with Crippen LogP contribution in [0.15, 0.2) is 47.3 Å². The summed E-state index contributed by atoms with van der Waals surface area (Å²) in [6.45, 7) is 6.85. The van der Waals surface area contributed by atoms with Crippen molar-refractivity contribution in [2.75, 3.05) is 13.6 Å². The normalized spacial score (nSPS) is 27.4. The highest BCUT2D eigenvalue weighted by Crippen LogP contribution is 2.38. The molecule has 0 radical (unpaired) electrons. The van der Waals surface area contributed by atoms with E-state index >= 15 is 0 Å². The number of Topliss-reactive ketones (excluding diaryl/α,β-unsaturated/α-hetero) is 1. The molecule has 22 heavy (non-hydrogen) atoms. The van der Waals surface area contributed by atoms with E-state index in [2.05, 4.69) is 66.6 Å². The molecule has 1 fully saturated rings. The standard InChI is InChI=1S/C18H25N3O/c1-13(22)15-12-20(4)21-17(15)19-16(11-18(21,2)3)14-9-7-5-6-8-10-14/h5-9,16,19H,10-12H2,1-4H3/t16-/m1/s1. The smallest absolute Gasteiger partial charge is 0.160 e. The first-order chi connectivity index (χ1) is 10.4. The van der Waals surface area contributed by atoms with Crippen LogP contribution in [0.2, 0.25) is 0 Å². The van der Waals surface area contributed by atoms with Crippen LogP contribution in [0.5, 0.6) is 0 Å². The molecule has 0 unspecified atom stereocenters. The lowest BCUT2D eigenvalue weighted by Crippen LogP contribution is -2.59. The number of carbonyl (C=O) groups is 1. The topological polar surface area (TPSA) is 35.6 Å². The highest BCUT2D eigenvalue weighted by molar-refractivity contribution is 5.94. The second-order valence-electron chi connectivity index (χ2n) is 6.98. The molecule has 3 rings (SSSR count). The first-order valence-electron chi connectivity index (χ1n) is 7.94. The van der Waals surface area contributed by atoms with Gasteiger partial charge in [0.2, 0.25) is 0 Å². The minimum Gasteiger partial charge on any atom is -0.364 e. The zero-order valence-electron chi connectivity index (χ0n) is 13.9. The van der Waals surface area contributed by atoms with Gasteiger partial charge in [-0.15, -0.1) is 0 Å². The zero-order valence-corrected chi connectivity index (χ0v) is 13.9. The average Bonchev–Trinajstić information content (AvgIpc) is 2.63. The summed E-state index contributed by atoms with van der Waals surface area (Å²) in [6, 6.07) is 0.273. The molecular weight excluding hydrogens is 274 g/mol. The van der Waals surface area contributed by atoms with Gasteiger partial charge in [0.25, 0.3) is 0 Å². The van der Waals surface area contributed by atoms with E-state index in [1.54, 1.807) is 6.92 Å². The SMILES string of the molecule is CC(=O)C1=C2N[C@@H](C3=CC=CC=CC3)CC(C)(C)N2N(C)C1. The fraction of sp³-hybridized carbons (Fsp3) is 0.500. The molecule has 0 aromatic heterocycles. The molecule has 0 amide bonds. The van der Waals surface area contributed by atoms with Crippen molar-refractivity contribution in [3.63, 3.8) is 0 Å². The number of hydrazine groups is 1. The Labute approximate surface area is 132 Å². The van der Waals surface area contributed by atoms with E-state index in [-0.39, 0.29) is 17.4 Å². The summed E-state index contributed by atoms with van der Waals surface area (Å²) < 4.78 is 0. The lowest BCUT2D eigenvalue weighted by molar-refractivity contribution is -0.113. The first-order valence-corrected chi connectivity index (χ1v) is 7.94. The second kappa shape index (κ2) is 5.43. The average molecular weight is 299 g/mol. The van der Waals surface area contributed by atoms with Crippen LogP contribution in [0, 0.1) is 0 Å². The van der Waals surface area contributed by atoms with Crippen LogP contribution in [0.4, 0.5) is 0 Å². The van der Waals surface area contributed by atoms with Crippen LogP contribution < -0.4 is 5.32 Å². The molecule has 0 aromatic carbocycles. The molecule has 4 nitrogen and oxygen atoms in total. The van der Waals surface area contributed by atoms with Gasteiger partial charge in [0.15, 0.2) is 5.78 Å². The molecule has 3 aliphatic rings. The maximum absolute atomic E-state index is 12.0. The second-order valence-corrected chi connectivity index (χ2v) is 6.98.